The molecule has 0 aliphatic carbocycles. The molecule has 0 atom stereocenters. The van der Waals surface area contributed by atoms with Crippen LogP contribution in [0, 0.1) is 0 Å². The number of thiophene rings is 1. The Bertz CT molecular complexity index is 652. The molecule has 6 heteroatoms. The molecule has 2 aromatic rings. The van der Waals surface area contributed by atoms with Gasteiger partial charge in [-0.2, -0.15) is 0 Å². The van der Waals surface area contributed by atoms with E-state index in [9.17, 15) is 8.42 Å². The van der Waals surface area contributed by atoms with Gasteiger partial charge in [-0.05, 0) is 36.0 Å². The van der Waals surface area contributed by atoms with Gasteiger partial charge in [0.1, 0.15) is 0 Å². The summed E-state index contributed by atoms with van der Waals surface area (Å²) in [6.45, 7) is 3.77. The fourth-order valence-electron chi connectivity index (χ4n) is 2.01. The molecule has 0 unspecified atom stereocenters. The minimum absolute atomic E-state index is 0.358. The van der Waals surface area contributed by atoms with Crippen molar-refractivity contribution in [1.29, 1.82) is 0 Å². The zero-order valence-electron chi connectivity index (χ0n) is 12.0. The van der Waals surface area contributed by atoms with Gasteiger partial charge in [-0.25, -0.2) is 13.1 Å². The predicted octanol–water partition coefficient (Wildman–Crippen LogP) is 2.38. The Kier molecular flexibility index (Phi) is 5.93. The van der Waals surface area contributed by atoms with Crippen molar-refractivity contribution in [2.24, 2.45) is 0 Å². The van der Waals surface area contributed by atoms with E-state index in [4.69, 9.17) is 0 Å². The topological polar surface area (TPSA) is 58.2 Å². The zero-order chi connectivity index (χ0) is 15.1. The first kappa shape index (κ1) is 16.2. The van der Waals surface area contributed by atoms with Crippen molar-refractivity contribution < 1.29 is 8.42 Å². The molecular weight excluding hydrogens is 304 g/mol. The molecule has 0 fully saturated rings. The normalized spacial score (nSPS) is 11.7. The second kappa shape index (κ2) is 7.70. The van der Waals surface area contributed by atoms with Crippen LogP contribution in [0.15, 0.2) is 46.7 Å². The molecule has 0 aliphatic rings. The monoisotopic (exact) mass is 324 g/mol. The fourth-order valence-corrected chi connectivity index (χ4v) is 3.99. The minimum Gasteiger partial charge on any atom is -0.313 e. The van der Waals surface area contributed by atoms with Crippen molar-refractivity contribution in [3.8, 4) is 0 Å². The number of hydrogen-bond donors (Lipinski definition) is 2. The van der Waals surface area contributed by atoms with Crippen LogP contribution in [-0.4, -0.2) is 21.5 Å². The number of rotatable bonds is 8. The molecule has 0 spiro atoms. The van der Waals surface area contributed by atoms with Crippen LogP contribution in [-0.2, 0) is 23.0 Å². The predicted molar refractivity (Wildman–Crippen MR) is 87.0 cm³/mol. The van der Waals surface area contributed by atoms with Crippen LogP contribution >= 0.6 is 11.3 Å². The average Bonchev–Trinajstić information content (AvgIpc) is 2.98. The molecule has 0 bridgehead atoms. The van der Waals surface area contributed by atoms with Crippen molar-refractivity contribution in [1.82, 2.24) is 10.0 Å². The lowest BCUT2D eigenvalue weighted by Crippen LogP contribution is -2.27. The van der Waals surface area contributed by atoms with Gasteiger partial charge in [-0.3, -0.25) is 0 Å². The molecule has 2 rings (SSSR count). The minimum atomic E-state index is -3.46. The van der Waals surface area contributed by atoms with E-state index in [-0.39, 0.29) is 0 Å². The summed E-state index contributed by atoms with van der Waals surface area (Å²) in [6.07, 6.45) is 0.715. The lowest BCUT2D eigenvalue weighted by Gasteiger charge is -2.11. The third-order valence-corrected chi connectivity index (χ3v) is 5.57. The quantitative estimate of drug-likeness (QED) is 0.784. The highest BCUT2D eigenvalue weighted by molar-refractivity contribution is 7.89. The smallest absolute Gasteiger partial charge is 0.240 e. The Hall–Kier alpha value is -1.21. The Morgan fingerprint density at radius 3 is 2.67 bits per heavy atom. The lowest BCUT2D eigenvalue weighted by atomic mass is 10.2. The maximum Gasteiger partial charge on any atom is 0.240 e. The summed E-state index contributed by atoms with van der Waals surface area (Å²) in [4.78, 5) is 1.54. The molecule has 21 heavy (non-hydrogen) atoms. The van der Waals surface area contributed by atoms with Crippen LogP contribution in [0.25, 0.3) is 0 Å². The summed E-state index contributed by atoms with van der Waals surface area (Å²) in [7, 11) is -3.46. The van der Waals surface area contributed by atoms with Gasteiger partial charge in [0, 0.05) is 18.0 Å². The molecule has 0 aliphatic heterocycles. The second-order valence-electron chi connectivity index (χ2n) is 4.62. The third-order valence-electron chi connectivity index (χ3n) is 3.07. The van der Waals surface area contributed by atoms with E-state index < -0.39 is 10.0 Å². The SMILES string of the molecule is CCNCc1ccccc1S(=O)(=O)NCCc1cccs1. The molecule has 1 heterocycles. The highest BCUT2D eigenvalue weighted by Gasteiger charge is 2.17. The van der Waals surface area contributed by atoms with E-state index in [1.54, 1.807) is 23.5 Å². The van der Waals surface area contributed by atoms with Gasteiger partial charge in [-0.15, -0.1) is 11.3 Å². The highest BCUT2D eigenvalue weighted by Crippen LogP contribution is 2.15. The number of nitrogens with one attached hydrogen (secondary N) is 2. The summed E-state index contributed by atoms with van der Waals surface area (Å²) < 4.78 is 27.5. The summed E-state index contributed by atoms with van der Waals surface area (Å²) in [5, 5.41) is 5.16. The number of sulfonamides is 1. The lowest BCUT2D eigenvalue weighted by molar-refractivity contribution is 0.579. The fraction of sp³-hybridized carbons (Fsp3) is 0.333. The van der Waals surface area contributed by atoms with E-state index >= 15 is 0 Å². The van der Waals surface area contributed by atoms with E-state index in [0.717, 1.165) is 12.1 Å². The van der Waals surface area contributed by atoms with E-state index in [0.29, 0.717) is 24.4 Å². The van der Waals surface area contributed by atoms with E-state index in [1.807, 2.05) is 36.6 Å². The first-order valence-electron chi connectivity index (χ1n) is 6.94. The molecular formula is C15H20N2O2S2. The van der Waals surface area contributed by atoms with Crippen molar-refractivity contribution in [2.75, 3.05) is 13.1 Å². The van der Waals surface area contributed by atoms with Gasteiger partial charge in [0.25, 0.3) is 0 Å². The molecule has 2 N–H and O–H groups in total. The molecule has 0 saturated carbocycles. The Morgan fingerprint density at radius 2 is 1.95 bits per heavy atom. The average molecular weight is 324 g/mol. The molecule has 4 nitrogen and oxygen atoms in total. The largest absolute Gasteiger partial charge is 0.313 e. The number of benzene rings is 1. The third kappa shape index (κ3) is 4.64. The van der Waals surface area contributed by atoms with Gasteiger partial charge in [-0.1, -0.05) is 31.2 Å². The summed E-state index contributed by atoms with van der Waals surface area (Å²) >= 11 is 1.64. The molecule has 1 aromatic heterocycles. The standard InChI is InChI=1S/C15H20N2O2S2/c1-2-16-12-13-6-3-4-8-15(13)21(18,19)17-10-9-14-7-5-11-20-14/h3-8,11,16-17H,2,9-10,12H2,1H3. The Balaban J connectivity index is 2.04. The van der Waals surface area contributed by atoms with Gasteiger partial charge >= 0.3 is 0 Å². The molecule has 0 amide bonds. The van der Waals surface area contributed by atoms with Crippen LogP contribution in [0.5, 0.6) is 0 Å². The first-order chi connectivity index (χ1) is 10.1. The summed E-state index contributed by atoms with van der Waals surface area (Å²) in [6, 6.07) is 11.1. The van der Waals surface area contributed by atoms with Crippen LogP contribution in [0.3, 0.4) is 0 Å². The molecule has 1 aromatic carbocycles. The van der Waals surface area contributed by atoms with E-state index in [2.05, 4.69) is 10.0 Å². The first-order valence-corrected chi connectivity index (χ1v) is 9.30. The molecule has 114 valence electrons. The number of hydrogen-bond acceptors (Lipinski definition) is 4. The zero-order valence-corrected chi connectivity index (χ0v) is 13.6. The Labute approximate surface area is 130 Å². The maximum absolute atomic E-state index is 12.4. The Morgan fingerprint density at radius 1 is 1.14 bits per heavy atom. The highest BCUT2D eigenvalue weighted by atomic mass is 32.2. The summed E-state index contributed by atoms with van der Waals surface area (Å²) in [5.41, 5.74) is 0.794. The van der Waals surface area contributed by atoms with Gasteiger partial charge in [0.15, 0.2) is 0 Å². The maximum atomic E-state index is 12.4. The van der Waals surface area contributed by atoms with Gasteiger partial charge in [0.05, 0.1) is 4.90 Å². The molecule has 0 saturated heterocycles. The van der Waals surface area contributed by atoms with Crippen molar-refractivity contribution in [3.05, 3.63) is 52.2 Å². The van der Waals surface area contributed by atoms with E-state index in [1.165, 1.54) is 4.88 Å². The molecule has 0 radical (unpaired) electrons. The van der Waals surface area contributed by atoms with Gasteiger partial charge < -0.3 is 5.32 Å². The van der Waals surface area contributed by atoms with Gasteiger partial charge in [0.2, 0.25) is 10.0 Å². The van der Waals surface area contributed by atoms with Crippen LogP contribution < -0.4 is 10.0 Å². The second-order valence-corrected chi connectivity index (χ2v) is 7.38. The van der Waals surface area contributed by atoms with Crippen molar-refractivity contribution in [2.45, 2.75) is 24.8 Å². The van der Waals surface area contributed by atoms with Crippen LogP contribution in [0.1, 0.15) is 17.4 Å². The van der Waals surface area contributed by atoms with Crippen molar-refractivity contribution >= 4 is 21.4 Å². The van der Waals surface area contributed by atoms with Crippen molar-refractivity contribution in [3.63, 3.8) is 0 Å². The summed E-state index contributed by atoms with van der Waals surface area (Å²) in [5.74, 6) is 0. The van der Waals surface area contributed by atoms with Crippen LogP contribution in [0.4, 0.5) is 0 Å². The van der Waals surface area contributed by atoms with Crippen LogP contribution in [0.2, 0.25) is 0 Å².